The molecule has 6 rings (SSSR count). The first-order valence-corrected chi connectivity index (χ1v) is 13.1. The number of benzene rings is 2. The Morgan fingerprint density at radius 1 is 1.11 bits per heavy atom. The fourth-order valence-corrected chi connectivity index (χ4v) is 5.50. The molecule has 1 N–H and O–H groups in total. The molecular formula is C29H36F3N3O2. The molecule has 2 fully saturated rings. The molecule has 200 valence electrons. The molecule has 0 saturated carbocycles. The standard InChI is InChI=1S/C17H22N2O.C12H14F3NO/c1-12-7-14-13-5-3-4-6-15(13)18-16(14)8-19(12)9-17(2)10-20-11-17;13-2-1-3-16-7-12(8-16)17-11-5-9(14)4-10(15)6-11/h3-6,12,18H,7-11H2,1-2H3;4-6,12H,1-3,7-8H2/t12-;/m1./s1. The molecule has 0 spiro atoms. The van der Waals surface area contributed by atoms with E-state index in [0.29, 0.717) is 37.5 Å². The van der Waals surface area contributed by atoms with Crippen LogP contribution in [0.15, 0.2) is 42.5 Å². The molecule has 0 radical (unpaired) electrons. The highest BCUT2D eigenvalue weighted by molar-refractivity contribution is 5.84. The van der Waals surface area contributed by atoms with Crippen LogP contribution >= 0.6 is 0 Å². The van der Waals surface area contributed by atoms with Crippen molar-refractivity contribution in [3.8, 4) is 5.75 Å². The predicted molar refractivity (Wildman–Crippen MR) is 139 cm³/mol. The molecule has 0 unspecified atom stereocenters. The van der Waals surface area contributed by atoms with Gasteiger partial charge in [0.15, 0.2) is 0 Å². The van der Waals surface area contributed by atoms with E-state index in [0.717, 1.165) is 50.9 Å². The zero-order chi connectivity index (χ0) is 26.0. The van der Waals surface area contributed by atoms with Crippen molar-refractivity contribution in [3.63, 3.8) is 0 Å². The molecule has 8 heteroatoms. The van der Waals surface area contributed by atoms with Crippen LogP contribution in [-0.4, -0.2) is 73.0 Å². The Hall–Kier alpha value is -2.55. The van der Waals surface area contributed by atoms with Crippen molar-refractivity contribution < 1.29 is 22.6 Å². The van der Waals surface area contributed by atoms with Crippen molar-refractivity contribution in [1.29, 1.82) is 0 Å². The first kappa shape index (κ1) is 26.1. The smallest absolute Gasteiger partial charge is 0.129 e. The van der Waals surface area contributed by atoms with Gasteiger partial charge in [-0.25, -0.2) is 8.78 Å². The second-order valence-electron chi connectivity index (χ2n) is 11.0. The van der Waals surface area contributed by atoms with Crippen molar-refractivity contribution in [2.45, 2.75) is 45.4 Å². The van der Waals surface area contributed by atoms with Crippen LogP contribution in [0.5, 0.6) is 5.75 Å². The van der Waals surface area contributed by atoms with Crippen molar-refractivity contribution in [2.24, 2.45) is 5.41 Å². The number of H-pyrrole nitrogens is 1. The lowest BCUT2D eigenvalue weighted by Crippen LogP contribution is -2.53. The van der Waals surface area contributed by atoms with Crippen LogP contribution in [0.1, 0.15) is 31.5 Å². The van der Waals surface area contributed by atoms with Gasteiger partial charge in [0.2, 0.25) is 0 Å². The second-order valence-corrected chi connectivity index (χ2v) is 11.0. The van der Waals surface area contributed by atoms with Crippen molar-refractivity contribution in [1.82, 2.24) is 14.8 Å². The fourth-order valence-electron chi connectivity index (χ4n) is 5.50. The second kappa shape index (κ2) is 11.1. The third-order valence-corrected chi connectivity index (χ3v) is 7.54. The number of fused-ring (bicyclic) bond motifs is 3. The Morgan fingerprint density at radius 2 is 1.84 bits per heavy atom. The number of nitrogens with zero attached hydrogens (tertiary/aromatic N) is 2. The molecule has 3 aliphatic rings. The lowest BCUT2D eigenvalue weighted by Gasteiger charge is -2.45. The molecule has 4 heterocycles. The van der Waals surface area contributed by atoms with Crippen LogP contribution < -0.4 is 4.74 Å². The molecule has 2 aromatic carbocycles. The number of ether oxygens (including phenoxy) is 2. The number of halogens is 3. The van der Waals surface area contributed by atoms with Gasteiger partial charge in [-0.2, -0.15) is 0 Å². The van der Waals surface area contributed by atoms with Gasteiger partial charge in [0.05, 0.1) is 19.9 Å². The van der Waals surface area contributed by atoms with Gasteiger partial charge in [-0.3, -0.25) is 14.2 Å². The first-order valence-electron chi connectivity index (χ1n) is 13.1. The summed E-state index contributed by atoms with van der Waals surface area (Å²) in [5.74, 6) is -1.08. The van der Waals surface area contributed by atoms with E-state index in [2.05, 4.69) is 48.0 Å². The van der Waals surface area contributed by atoms with Crippen LogP contribution in [0, 0.1) is 17.0 Å². The molecule has 3 aliphatic heterocycles. The van der Waals surface area contributed by atoms with Crippen LogP contribution in [0.25, 0.3) is 10.9 Å². The summed E-state index contributed by atoms with van der Waals surface area (Å²) in [5, 5.41) is 1.41. The van der Waals surface area contributed by atoms with E-state index in [1.54, 1.807) is 0 Å². The quantitative estimate of drug-likeness (QED) is 0.461. The summed E-state index contributed by atoms with van der Waals surface area (Å²) in [4.78, 5) is 8.27. The molecule has 5 nitrogen and oxygen atoms in total. The highest BCUT2D eigenvalue weighted by Crippen LogP contribution is 2.34. The third-order valence-electron chi connectivity index (χ3n) is 7.54. The van der Waals surface area contributed by atoms with E-state index in [4.69, 9.17) is 9.47 Å². The number of aromatic amines is 1. The molecule has 0 amide bonds. The summed E-state index contributed by atoms with van der Waals surface area (Å²) in [7, 11) is 0. The van der Waals surface area contributed by atoms with E-state index in [1.807, 2.05) is 4.90 Å². The van der Waals surface area contributed by atoms with Crippen LogP contribution in [0.2, 0.25) is 0 Å². The Morgan fingerprint density at radius 3 is 2.51 bits per heavy atom. The fraction of sp³-hybridized carbons (Fsp3) is 0.517. The molecule has 37 heavy (non-hydrogen) atoms. The van der Waals surface area contributed by atoms with Crippen LogP contribution in [0.3, 0.4) is 0 Å². The number of alkyl halides is 1. The average Bonchev–Trinajstić information content (AvgIpc) is 3.17. The zero-order valence-corrected chi connectivity index (χ0v) is 21.6. The lowest BCUT2D eigenvalue weighted by molar-refractivity contribution is -0.120. The monoisotopic (exact) mass is 515 g/mol. The van der Waals surface area contributed by atoms with Crippen molar-refractivity contribution in [2.75, 3.05) is 46.1 Å². The van der Waals surface area contributed by atoms with Gasteiger partial charge in [0, 0.05) is 79.0 Å². The average molecular weight is 516 g/mol. The van der Waals surface area contributed by atoms with Crippen LogP contribution in [-0.2, 0) is 17.7 Å². The molecule has 0 aliphatic carbocycles. The summed E-state index contributed by atoms with van der Waals surface area (Å²) in [6.07, 6.45) is 1.60. The molecular weight excluding hydrogens is 479 g/mol. The SMILES string of the molecule is C[C@@H]1Cc2c([nH]c3ccccc23)CN1CC1(C)COC1.FCCCN1CC(Oc2cc(F)cc(F)c2)C1. The summed E-state index contributed by atoms with van der Waals surface area (Å²) in [5.41, 5.74) is 4.58. The Bertz CT molecular complexity index is 1190. The van der Waals surface area contributed by atoms with Gasteiger partial charge in [-0.05, 0) is 31.4 Å². The van der Waals surface area contributed by atoms with E-state index < -0.39 is 11.6 Å². The maximum absolute atomic E-state index is 12.9. The number of aromatic nitrogens is 1. The Labute approximate surface area is 216 Å². The summed E-state index contributed by atoms with van der Waals surface area (Å²) in [6, 6.07) is 12.4. The van der Waals surface area contributed by atoms with Gasteiger partial charge in [0.1, 0.15) is 23.5 Å². The minimum Gasteiger partial charge on any atom is -0.488 e. The van der Waals surface area contributed by atoms with Crippen molar-refractivity contribution >= 4 is 10.9 Å². The Balaban J connectivity index is 0.000000154. The van der Waals surface area contributed by atoms with Crippen molar-refractivity contribution in [3.05, 3.63) is 65.4 Å². The number of hydrogen-bond donors (Lipinski definition) is 1. The molecule has 3 aromatic rings. The minimum absolute atomic E-state index is 0.0594. The summed E-state index contributed by atoms with van der Waals surface area (Å²) < 4.78 is 48.5. The number of likely N-dealkylation sites (tertiary alicyclic amines) is 1. The van der Waals surface area contributed by atoms with Gasteiger partial charge >= 0.3 is 0 Å². The maximum atomic E-state index is 12.9. The van der Waals surface area contributed by atoms with Gasteiger partial charge in [-0.1, -0.05) is 25.1 Å². The highest BCUT2D eigenvalue weighted by atomic mass is 19.1. The Kier molecular flexibility index (Phi) is 7.79. The maximum Gasteiger partial charge on any atom is 0.129 e. The van der Waals surface area contributed by atoms with E-state index in [1.165, 1.54) is 22.2 Å². The topological polar surface area (TPSA) is 40.7 Å². The lowest BCUT2D eigenvalue weighted by atomic mass is 9.86. The largest absolute Gasteiger partial charge is 0.488 e. The predicted octanol–water partition coefficient (Wildman–Crippen LogP) is 5.34. The van der Waals surface area contributed by atoms with Crippen LogP contribution in [0.4, 0.5) is 13.2 Å². The molecule has 2 saturated heterocycles. The van der Waals surface area contributed by atoms with E-state index >= 15 is 0 Å². The first-order chi connectivity index (χ1) is 17.8. The molecule has 1 atom stereocenters. The number of hydrogen-bond acceptors (Lipinski definition) is 4. The zero-order valence-electron chi connectivity index (χ0n) is 21.6. The normalized spacial score (nSPS) is 21.5. The molecule has 0 bridgehead atoms. The van der Waals surface area contributed by atoms with Gasteiger partial charge in [-0.15, -0.1) is 0 Å². The minimum atomic E-state index is -0.645. The number of para-hydroxylation sites is 1. The van der Waals surface area contributed by atoms with E-state index in [9.17, 15) is 13.2 Å². The highest BCUT2D eigenvalue weighted by Gasteiger charge is 2.38. The number of nitrogens with one attached hydrogen (secondary N) is 1. The summed E-state index contributed by atoms with van der Waals surface area (Å²) >= 11 is 0. The summed E-state index contributed by atoms with van der Waals surface area (Å²) in [6.45, 7) is 10.4. The number of rotatable bonds is 7. The van der Waals surface area contributed by atoms with Gasteiger partial charge in [0.25, 0.3) is 0 Å². The third kappa shape index (κ3) is 6.13. The molecule has 1 aromatic heterocycles. The van der Waals surface area contributed by atoms with E-state index in [-0.39, 0.29) is 18.5 Å². The van der Waals surface area contributed by atoms with Gasteiger partial charge < -0.3 is 14.5 Å².